The average Bonchev–Trinajstić information content (AvgIpc) is 2.71. The van der Waals surface area contributed by atoms with Crippen molar-refractivity contribution in [2.75, 3.05) is 6.54 Å². The fourth-order valence-electron chi connectivity index (χ4n) is 1.84. The van der Waals surface area contributed by atoms with Gasteiger partial charge in [-0.3, -0.25) is 0 Å². The molecule has 2 atom stereocenters. The highest BCUT2D eigenvalue weighted by molar-refractivity contribution is 5.20. The van der Waals surface area contributed by atoms with Crippen molar-refractivity contribution < 1.29 is 0 Å². The minimum atomic E-state index is 0.101. The van der Waals surface area contributed by atoms with Gasteiger partial charge >= 0.3 is 0 Å². The molecule has 0 saturated carbocycles. The molecular weight excluding hydrogens is 160 g/mol. The van der Waals surface area contributed by atoms with Gasteiger partial charge in [-0.25, -0.2) is 5.32 Å². The van der Waals surface area contributed by atoms with E-state index < -0.39 is 0 Å². The van der Waals surface area contributed by atoms with E-state index in [1.54, 1.807) is 0 Å². The van der Waals surface area contributed by atoms with Gasteiger partial charge < -0.3 is 5.73 Å². The minimum Gasteiger partial charge on any atom is -0.323 e. The van der Waals surface area contributed by atoms with E-state index >= 15 is 0 Å². The Labute approximate surface area is 79.1 Å². The van der Waals surface area contributed by atoms with Crippen molar-refractivity contribution >= 4 is 0 Å². The summed E-state index contributed by atoms with van der Waals surface area (Å²) in [6.45, 7) is 0.991. The fourth-order valence-corrected chi connectivity index (χ4v) is 1.84. The molecule has 0 bridgehead atoms. The van der Waals surface area contributed by atoms with Gasteiger partial charge in [-0.15, -0.1) is 0 Å². The monoisotopic (exact) mass is 175 g/mol. The largest absolute Gasteiger partial charge is 0.323 e. The molecule has 0 aliphatic carbocycles. The predicted molar refractivity (Wildman–Crippen MR) is 53.4 cm³/mol. The molecule has 2 rings (SSSR count). The van der Waals surface area contributed by atoms with Gasteiger partial charge in [0.25, 0.3) is 0 Å². The highest BCUT2D eigenvalue weighted by Gasteiger charge is 2.23. The van der Waals surface area contributed by atoms with Gasteiger partial charge in [-0.05, 0) is 18.4 Å². The van der Waals surface area contributed by atoms with Gasteiger partial charge in [0.2, 0.25) is 0 Å². The van der Waals surface area contributed by atoms with Gasteiger partial charge in [-0.2, -0.15) is 0 Å². The Kier molecular flexibility index (Phi) is 2.62. The number of benzene rings is 1. The van der Waals surface area contributed by atoms with Gasteiger partial charge in [-0.1, -0.05) is 30.3 Å². The predicted octanol–water partition coefficient (Wildman–Crippen LogP) is 1.45. The van der Waals surface area contributed by atoms with E-state index in [4.69, 9.17) is 5.73 Å². The maximum absolute atomic E-state index is 6.11. The number of hydrogen-bond acceptors (Lipinski definition) is 1. The van der Waals surface area contributed by atoms with Crippen molar-refractivity contribution in [1.82, 2.24) is 5.32 Å². The Balaban J connectivity index is 2.08. The van der Waals surface area contributed by atoms with E-state index in [0.29, 0.717) is 6.04 Å². The Hall–Kier alpha value is -0.860. The van der Waals surface area contributed by atoms with Crippen LogP contribution in [0, 0.1) is 0 Å². The number of rotatable bonds is 2. The molecule has 1 heterocycles. The molecule has 2 unspecified atom stereocenters. The molecule has 0 amide bonds. The highest BCUT2D eigenvalue weighted by atomic mass is 15.0. The smallest absolute Gasteiger partial charge is 0.0467 e. The van der Waals surface area contributed by atoms with Crippen LogP contribution < -0.4 is 11.1 Å². The molecule has 1 aliphatic heterocycles. The maximum atomic E-state index is 6.11. The first-order valence-corrected chi connectivity index (χ1v) is 4.85. The van der Waals surface area contributed by atoms with Crippen molar-refractivity contribution in [2.24, 2.45) is 5.73 Å². The van der Waals surface area contributed by atoms with Crippen LogP contribution in [0.4, 0.5) is 0 Å². The zero-order chi connectivity index (χ0) is 9.10. The second-order valence-corrected chi connectivity index (χ2v) is 3.55. The second kappa shape index (κ2) is 3.90. The minimum absolute atomic E-state index is 0.101. The van der Waals surface area contributed by atoms with Crippen molar-refractivity contribution in [2.45, 2.75) is 24.9 Å². The second-order valence-electron chi connectivity index (χ2n) is 3.55. The van der Waals surface area contributed by atoms with E-state index in [9.17, 15) is 0 Å². The van der Waals surface area contributed by atoms with Gasteiger partial charge in [0.05, 0.1) is 0 Å². The third kappa shape index (κ3) is 1.90. The molecule has 2 N–H and O–H groups in total. The fraction of sp³-hybridized carbons (Fsp3) is 0.455. The van der Waals surface area contributed by atoms with Crippen LogP contribution in [0.15, 0.2) is 30.3 Å². The van der Waals surface area contributed by atoms with Crippen LogP contribution in [-0.4, -0.2) is 12.6 Å². The summed E-state index contributed by atoms with van der Waals surface area (Å²) in [5.74, 6) is 0. The Morgan fingerprint density at radius 1 is 1.31 bits per heavy atom. The Bertz CT molecular complexity index is 252. The lowest BCUT2D eigenvalue weighted by molar-refractivity contribution is 0.493. The summed E-state index contributed by atoms with van der Waals surface area (Å²) in [5, 5.41) is 4.49. The van der Waals surface area contributed by atoms with Crippen LogP contribution in [0.3, 0.4) is 0 Å². The van der Waals surface area contributed by atoms with Gasteiger partial charge in [0, 0.05) is 18.6 Å². The van der Waals surface area contributed by atoms with Crippen LogP contribution in [0.1, 0.15) is 24.4 Å². The van der Waals surface area contributed by atoms with E-state index in [0.717, 1.165) is 13.0 Å². The summed E-state index contributed by atoms with van der Waals surface area (Å²) in [5.41, 5.74) is 7.31. The Morgan fingerprint density at radius 3 is 2.69 bits per heavy atom. The van der Waals surface area contributed by atoms with Crippen molar-refractivity contribution in [3.8, 4) is 0 Å². The Morgan fingerprint density at radius 2 is 2.08 bits per heavy atom. The molecule has 1 aliphatic rings. The number of nitrogens with zero attached hydrogens (tertiary/aromatic N) is 1. The first-order valence-electron chi connectivity index (χ1n) is 4.85. The molecule has 2 heteroatoms. The molecule has 0 spiro atoms. The normalized spacial score (nSPS) is 24.5. The van der Waals surface area contributed by atoms with E-state index in [1.807, 2.05) is 18.2 Å². The molecule has 1 aromatic rings. The lowest BCUT2D eigenvalue weighted by Gasteiger charge is -2.18. The molecule has 1 fully saturated rings. The van der Waals surface area contributed by atoms with Crippen molar-refractivity contribution in [3.63, 3.8) is 0 Å². The van der Waals surface area contributed by atoms with Crippen molar-refractivity contribution in [1.29, 1.82) is 0 Å². The molecule has 1 saturated heterocycles. The quantitative estimate of drug-likeness (QED) is 0.726. The van der Waals surface area contributed by atoms with E-state index in [-0.39, 0.29) is 6.04 Å². The van der Waals surface area contributed by atoms with E-state index in [2.05, 4.69) is 17.4 Å². The molecule has 13 heavy (non-hydrogen) atoms. The average molecular weight is 175 g/mol. The molecule has 69 valence electrons. The first-order chi connectivity index (χ1) is 6.38. The lowest BCUT2D eigenvalue weighted by Crippen LogP contribution is -2.29. The van der Waals surface area contributed by atoms with Gasteiger partial charge in [0.1, 0.15) is 0 Å². The number of hydrogen-bond donors (Lipinski definition) is 1. The van der Waals surface area contributed by atoms with Crippen molar-refractivity contribution in [3.05, 3.63) is 35.9 Å². The summed E-state index contributed by atoms with van der Waals surface area (Å²) in [7, 11) is 0. The van der Waals surface area contributed by atoms with Crippen LogP contribution in [0.5, 0.6) is 0 Å². The summed E-state index contributed by atoms with van der Waals surface area (Å²) in [6.07, 6.45) is 2.35. The molecule has 0 aromatic heterocycles. The lowest BCUT2D eigenvalue weighted by atomic mass is 9.99. The zero-order valence-electron chi connectivity index (χ0n) is 7.69. The third-order valence-electron chi connectivity index (χ3n) is 2.62. The third-order valence-corrected chi connectivity index (χ3v) is 2.62. The van der Waals surface area contributed by atoms with Crippen LogP contribution in [-0.2, 0) is 0 Å². The summed E-state index contributed by atoms with van der Waals surface area (Å²) < 4.78 is 0. The topological polar surface area (TPSA) is 40.1 Å². The first kappa shape index (κ1) is 8.73. The van der Waals surface area contributed by atoms with E-state index in [1.165, 1.54) is 12.0 Å². The van der Waals surface area contributed by atoms with Crippen LogP contribution in [0.25, 0.3) is 0 Å². The van der Waals surface area contributed by atoms with Crippen LogP contribution >= 0.6 is 0 Å². The molecule has 1 aromatic carbocycles. The zero-order valence-corrected chi connectivity index (χ0v) is 7.69. The highest BCUT2D eigenvalue weighted by Crippen LogP contribution is 2.21. The standard InChI is InChI=1S/C11H15N2/c12-11(10-7-4-8-13-10)9-5-2-1-3-6-9/h1-3,5-6,10-11H,4,7-8,12H2. The molecule has 2 nitrogen and oxygen atoms in total. The SMILES string of the molecule is NC(c1ccccc1)C1CCC[N]1. The van der Waals surface area contributed by atoms with Gasteiger partial charge in [0.15, 0.2) is 0 Å². The number of nitrogens with two attached hydrogens (primary N) is 1. The summed E-state index contributed by atoms with van der Waals surface area (Å²) in [6, 6.07) is 10.7. The van der Waals surface area contributed by atoms with Crippen LogP contribution in [0.2, 0.25) is 0 Å². The molecular formula is C11H15N2. The maximum Gasteiger partial charge on any atom is 0.0467 e. The summed E-state index contributed by atoms with van der Waals surface area (Å²) in [4.78, 5) is 0. The molecule has 1 radical (unpaired) electrons. The summed E-state index contributed by atoms with van der Waals surface area (Å²) >= 11 is 0.